The van der Waals surface area contributed by atoms with Crippen molar-refractivity contribution in [2.45, 2.75) is 13.5 Å². The number of ether oxygens (including phenoxy) is 1. The third kappa shape index (κ3) is 3.44. The predicted octanol–water partition coefficient (Wildman–Crippen LogP) is 1.39. The Hall–Kier alpha value is -1.06. The van der Waals surface area contributed by atoms with E-state index in [1.54, 1.807) is 5.01 Å². The van der Waals surface area contributed by atoms with Crippen LogP contribution in [0.3, 0.4) is 0 Å². The van der Waals surface area contributed by atoms with Crippen LogP contribution in [0.15, 0.2) is 24.3 Å². The van der Waals surface area contributed by atoms with Crippen molar-refractivity contribution >= 4 is 0 Å². The lowest BCUT2D eigenvalue weighted by molar-refractivity contribution is 0.335. The summed E-state index contributed by atoms with van der Waals surface area (Å²) in [5.74, 6) is 6.43. The summed E-state index contributed by atoms with van der Waals surface area (Å²) in [4.78, 5) is 0. The number of hydrogen-bond donors (Lipinski definition) is 1. The summed E-state index contributed by atoms with van der Waals surface area (Å²) in [6.07, 6.45) is 0. The summed E-state index contributed by atoms with van der Waals surface area (Å²) in [5.41, 5.74) is 1.19. The van der Waals surface area contributed by atoms with Crippen molar-refractivity contribution in [3.8, 4) is 5.75 Å². The van der Waals surface area contributed by atoms with Gasteiger partial charge < -0.3 is 4.74 Å². The molecular weight excluding hydrogens is 164 g/mol. The van der Waals surface area contributed by atoms with Crippen molar-refractivity contribution in [2.75, 3.05) is 13.7 Å². The molecule has 3 heteroatoms. The van der Waals surface area contributed by atoms with E-state index in [4.69, 9.17) is 10.6 Å². The van der Waals surface area contributed by atoms with E-state index in [0.717, 1.165) is 12.3 Å². The molecule has 13 heavy (non-hydrogen) atoms. The van der Waals surface area contributed by atoms with Crippen molar-refractivity contribution < 1.29 is 4.74 Å². The zero-order valence-electron chi connectivity index (χ0n) is 8.16. The molecule has 0 bridgehead atoms. The largest absolute Gasteiger partial charge is 0.494 e. The number of nitrogens with zero attached hydrogens (tertiary/aromatic N) is 1. The van der Waals surface area contributed by atoms with Crippen LogP contribution in [0, 0.1) is 0 Å². The van der Waals surface area contributed by atoms with Gasteiger partial charge in [0.1, 0.15) is 5.75 Å². The lowest BCUT2D eigenvalue weighted by Crippen LogP contribution is -2.24. The smallest absolute Gasteiger partial charge is 0.119 e. The van der Waals surface area contributed by atoms with Crippen molar-refractivity contribution in [1.29, 1.82) is 0 Å². The highest BCUT2D eigenvalue weighted by Crippen LogP contribution is 2.12. The van der Waals surface area contributed by atoms with Crippen LogP contribution >= 0.6 is 0 Å². The summed E-state index contributed by atoms with van der Waals surface area (Å²) >= 11 is 0. The SMILES string of the molecule is CCOc1ccc(CN(C)N)cc1. The number of nitrogens with two attached hydrogens (primary N) is 1. The molecule has 0 unspecified atom stereocenters. The molecular formula is C10H16N2O. The molecule has 0 fully saturated rings. The summed E-state index contributed by atoms with van der Waals surface area (Å²) in [6.45, 7) is 3.43. The molecule has 0 spiro atoms. The maximum absolute atomic E-state index is 5.52. The van der Waals surface area contributed by atoms with Crippen LogP contribution in [0.1, 0.15) is 12.5 Å². The molecule has 0 aliphatic heterocycles. The zero-order valence-corrected chi connectivity index (χ0v) is 8.16. The Morgan fingerprint density at radius 3 is 2.38 bits per heavy atom. The van der Waals surface area contributed by atoms with Crippen LogP contribution in [0.25, 0.3) is 0 Å². The minimum atomic E-state index is 0.705. The van der Waals surface area contributed by atoms with E-state index in [2.05, 4.69) is 0 Å². The van der Waals surface area contributed by atoms with E-state index in [1.165, 1.54) is 5.56 Å². The van der Waals surface area contributed by atoms with Gasteiger partial charge in [0.05, 0.1) is 6.61 Å². The van der Waals surface area contributed by atoms with E-state index >= 15 is 0 Å². The molecule has 1 aromatic carbocycles. The summed E-state index contributed by atoms with van der Waals surface area (Å²) in [5, 5.41) is 1.65. The standard InChI is InChI=1S/C10H16N2O/c1-3-13-10-6-4-9(5-7-10)8-12(2)11/h4-7H,3,8,11H2,1-2H3. The average molecular weight is 180 g/mol. The highest BCUT2D eigenvalue weighted by atomic mass is 16.5. The molecule has 0 radical (unpaired) electrons. The monoisotopic (exact) mass is 180 g/mol. The molecule has 3 nitrogen and oxygen atoms in total. The molecule has 0 amide bonds. The van der Waals surface area contributed by atoms with Crippen LogP contribution in [0.5, 0.6) is 5.75 Å². The van der Waals surface area contributed by atoms with Crippen molar-refractivity contribution in [3.63, 3.8) is 0 Å². The number of benzene rings is 1. The minimum Gasteiger partial charge on any atom is -0.494 e. The lowest BCUT2D eigenvalue weighted by atomic mass is 10.2. The van der Waals surface area contributed by atoms with Crippen molar-refractivity contribution in [2.24, 2.45) is 5.84 Å². The first-order valence-corrected chi connectivity index (χ1v) is 4.40. The number of rotatable bonds is 4. The summed E-state index contributed by atoms with van der Waals surface area (Å²) in [6, 6.07) is 7.97. The predicted molar refractivity (Wildman–Crippen MR) is 53.3 cm³/mol. The normalized spacial score (nSPS) is 10.5. The second-order valence-electron chi connectivity index (χ2n) is 2.99. The van der Waals surface area contributed by atoms with Gasteiger partial charge in [-0.3, -0.25) is 5.84 Å². The Balaban J connectivity index is 2.59. The fourth-order valence-electron chi connectivity index (χ4n) is 1.15. The van der Waals surface area contributed by atoms with Gasteiger partial charge in [-0.05, 0) is 24.6 Å². The van der Waals surface area contributed by atoms with E-state index in [9.17, 15) is 0 Å². The summed E-state index contributed by atoms with van der Waals surface area (Å²) < 4.78 is 5.32. The molecule has 1 aromatic rings. The van der Waals surface area contributed by atoms with Crippen molar-refractivity contribution in [3.05, 3.63) is 29.8 Å². The van der Waals surface area contributed by atoms with Crippen LogP contribution in [-0.2, 0) is 6.54 Å². The highest BCUT2D eigenvalue weighted by molar-refractivity contribution is 5.27. The third-order valence-corrected chi connectivity index (χ3v) is 1.67. The van der Waals surface area contributed by atoms with Gasteiger partial charge in [-0.2, -0.15) is 0 Å². The van der Waals surface area contributed by atoms with Crippen LogP contribution in [-0.4, -0.2) is 18.7 Å². The fraction of sp³-hybridized carbons (Fsp3) is 0.400. The molecule has 0 saturated carbocycles. The fourth-order valence-corrected chi connectivity index (χ4v) is 1.15. The van der Waals surface area contributed by atoms with Crippen LogP contribution in [0.4, 0.5) is 0 Å². The molecule has 72 valence electrons. The Bertz CT molecular complexity index is 244. The molecule has 0 heterocycles. The van der Waals surface area contributed by atoms with Gasteiger partial charge in [0.15, 0.2) is 0 Å². The van der Waals surface area contributed by atoms with Gasteiger partial charge in [0.2, 0.25) is 0 Å². The van der Waals surface area contributed by atoms with Crippen molar-refractivity contribution in [1.82, 2.24) is 5.01 Å². The zero-order chi connectivity index (χ0) is 9.68. The Morgan fingerprint density at radius 2 is 1.92 bits per heavy atom. The quantitative estimate of drug-likeness (QED) is 0.562. The average Bonchev–Trinajstić information content (AvgIpc) is 2.08. The Kier molecular flexibility index (Phi) is 3.73. The van der Waals surface area contributed by atoms with E-state index < -0.39 is 0 Å². The first-order valence-electron chi connectivity index (χ1n) is 4.40. The van der Waals surface area contributed by atoms with Gasteiger partial charge in [0.25, 0.3) is 0 Å². The van der Waals surface area contributed by atoms with Gasteiger partial charge in [-0.25, -0.2) is 5.01 Å². The lowest BCUT2D eigenvalue weighted by Gasteiger charge is -2.09. The van der Waals surface area contributed by atoms with E-state index in [-0.39, 0.29) is 0 Å². The van der Waals surface area contributed by atoms with Crippen LogP contribution in [0.2, 0.25) is 0 Å². The molecule has 0 aliphatic carbocycles. The van der Waals surface area contributed by atoms with E-state index in [1.807, 2.05) is 38.2 Å². The first-order chi connectivity index (χ1) is 6.22. The van der Waals surface area contributed by atoms with Gasteiger partial charge >= 0.3 is 0 Å². The topological polar surface area (TPSA) is 38.5 Å². The molecule has 0 aromatic heterocycles. The summed E-state index contributed by atoms with van der Waals surface area (Å²) in [7, 11) is 1.84. The maximum Gasteiger partial charge on any atom is 0.119 e. The second kappa shape index (κ2) is 4.84. The molecule has 0 saturated heterocycles. The molecule has 1 rings (SSSR count). The van der Waals surface area contributed by atoms with E-state index in [0.29, 0.717) is 6.61 Å². The Labute approximate surface area is 79.1 Å². The van der Waals surface area contributed by atoms with Crippen LogP contribution < -0.4 is 10.6 Å². The number of hydrogen-bond acceptors (Lipinski definition) is 3. The highest BCUT2D eigenvalue weighted by Gasteiger charge is 1.95. The third-order valence-electron chi connectivity index (χ3n) is 1.67. The molecule has 2 N–H and O–H groups in total. The van der Waals surface area contributed by atoms with Gasteiger partial charge in [-0.1, -0.05) is 12.1 Å². The minimum absolute atomic E-state index is 0.705. The molecule has 0 aliphatic rings. The number of hydrazine groups is 1. The van der Waals surface area contributed by atoms with Gasteiger partial charge in [0, 0.05) is 13.6 Å². The maximum atomic E-state index is 5.52. The van der Waals surface area contributed by atoms with Gasteiger partial charge in [-0.15, -0.1) is 0 Å². The Morgan fingerprint density at radius 1 is 1.31 bits per heavy atom. The second-order valence-corrected chi connectivity index (χ2v) is 2.99. The molecule has 0 atom stereocenters. The first kappa shape index (κ1) is 10.0.